The van der Waals surface area contributed by atoms with Gasteiger partial charge >= 0.3 is 0 Å². The molecule has 10 aliphatic rings. The number of likely N-dealkylation sites (tertiary alicyclic amines) is 3. The monoisotopic (exact) mass is 1350 g/mol. The third-order valence-electron chi connectivity index (χ3n) is 20.6. The van der Waals surface area contributed by atoms with Crippen LogP contribution in [0.25, 0.3) is 11.1 Å². The number of nitrogen functional groups attached to an aromatic ring is 2. The number of hydrogen-bond donors (Lipinski definition) is 8. The molecular formula is C72H99N21O6. The molecule has 27 nitrogen and oxygen atoms in total. The Kier molecular flexibility index (Phi) is 23.3. The predicted octanol–water partition coefficient (Wildman–Crippen LogP) is 7.49. The molecule has 10 N–H and O–H groups in total. The number of nitrogens with one attached hydrogen (secondary N) is 6. The molecule has 0 radical (unpaired) electrons. The highest BCUT2D eigenvalue weighted by Crippen LogP contribution is 2.50. The van der Waals surface area contributed by atoms with Gasteiger partial charge in [0.25, 0.3) is 5.91 Å². The van der Waals surface area contributed by atoms with Crippen LogP contribution in [-0.2, 0) is 28.9 Å². The minimum absolute atomic E-state index is 0.181. The molecule has 27 heteroatoms. The number of unbranched alkanes of at least 4 members (excludes halogenated alkanes) is 5. The molecule has 4 unspecified atom stereocenters. The van der Waals surface area contributed by atoms with Crippen LogP contribution in [0.2, 0.25) is 0 Å². The van der Waals surface area contributed by atoms with Crippen molar-refractivity contribution in [2.45, 2.75) is 178 Å². The summed E-state index contributed by atoms with van der Waals surface area (Å²) in [6.07, 6.45) is 32.8. The van der Waals surface area contributed by atoms with Crippen molar-refractivity contribution in [1.29, 1.82) is 0 Å². The normalized spacial score (nSPS) is 23.0. The Morgan fingerprint density at radius 3 is 1.56 bits per heavy atom. The van der Waals surface area contributed by atoms with Gasteiger partial charge in [-0.15, -0.1) is 11.0 Å². The van der Waals surface area contributed by atoms with Crippen molar-refractivity contribution in [3.63, 3.8) is 0 Å². The number of aldehydes is 2. The molecule has 8 aliphatic heterocycles. The second kappa shape index (κ2) is 32.7. The maximum atomic E-state index is 11.8. The van der Waals surface area contributed by atoms with E-state index < -0.39 is 0 Å². The van der Waals surface area contributed by atoms with E-state index in [4.69, 9.17) is 45.9 Å². The van der Waals surface area contributed by atoms with Crippen molar-refractivity contribution in [2.24, 2.45) is 11.8 Å². The predicted molar refractivity (Wildman–Crippen MR) is 379 cm³/mol. The molecule has 99 heavy (non-hydrogen) atoms. The summed E-state index contributed by atoms with van der Waals surface area (Å²) in [7, 11) is 6.29. The highest BCUT2D eigenvalue weighted by molar-refractivity contribution is 6.09. The minimum Gasteiger partial charge on any atom is -0.412 e. The average molecular weight is 1350 g/mol. The fraction of sp³-hybridized carbons (Fsp3) is 0.556. The van der Waals surface area contributed by atoms with E-state index >= 15 is 0 Å². The van der Waals surface area contributed by atoms with Gasteiger partial charge in [0.1, 0.15) is 54.1 Å². The van der Waals surface area contributed by atoms with Crippen LogP contribution in [0.15, 0.2) is 85.0 Å². The maximum Gasteiger partial charge on any atom is 0.273 e. The van der Waals surface area contributed by atoms with Crippen molar-refractivity contribution < 1.29 is 28.9 Å². The number of nitrogens with zero attached hydrogens (tertiary/aromatic N) is 13. The summed E-state index contributed by atoms with van der Waals surface area (Å²) >= 11 is 0. The fourth-order valence-electron chi connectivity index (χ4n) is 14.7. The molecule has 2 saturated carbocycles. The maximum absolute atomic E-state index is 11.8. The Morgan fingerprint density at radius 1 is 0.576 bits per heavy atom. The lowest BCUT2D eigenvalue weighted by Crippen LogP contribution is -2.45. The standard InChI is InChI=1S/C24H33N9O.C24H33N3O3.C22H29N9O.C2H4O/c1-13(2)33-24-18(22(25)28-12-29-24)19(30-33)20-17(21(34-31-20)15-4-5-15)23-26-10-16(11-27-23)14-6-8-32(3)9-7-14;28-18-6-4-2-1-3-5-15-27-16-13-20(14-17-27)19-7-9-21(10-8-19)25-22-11-12-23(29)26-24(22)30;1-30-7-5-12(6-8-30)14-9-24-21(25-10-14)15-18(29-32-19(15)13-3-4-13)17-16-20(23)26-11-27-22(16)31(2)28-17;1-2-3/h10-15,19-20,30-31H,4-9H2,1-3H3,(H2,25,28,29);7-11,18,20,25H,1-6,12-17H2,(H,26,29,30);9-13,17-18,28-29H,3-8H2,1-2H3,(H2,23,26,27);2H,1H3. The SMILES string of the molecule is CC(C)N1NC(C2NOC(C3CC3)=C2c2ncc(C3CCN(C)CC3)cn2)c2c(N)ncnc21.CC=O.CN1CCC(c2cnc(C3=C(C4CC4)ONC3C3NN(C)c4ncnc(N)c43)nc2)CC1.O=CCCCCCCCN1CCC(c2ccc(NC3=CCC(=O)NC3=O)cc2)CC1. The molecule has 0 bridgehead atoms. The second-order valence-corrected chi connectivity index (χ2v) is 28.1. The van der Waals surface area contributed by atoms with Crippen LogP contribution in [0.4, 0.5) is 29.0 Å². The molecule has 3 saturated heterocycles. The number of hydroxylamine groups is 2. The van der Waals surface area contributed by atoms with Crippen molar-refractivity contribution in [3.05, 3.63) is 124 Å². The van der Waals surface area contributed by atoms with Gasteiger partial charge in [-0.1, -0.05) is 31.4 Å². The van der Waals surface area contributed by atoms with Crippen LogP contribution in [0, 0.1) is 11.8 Å². The summed E-state index contributed by atoms with van der Waals surface area (Å²) in [6, 6.07) is 7.73. The van der Waals surface area contributed by atoms with Gasteiger partial charge in [-0.3, -0.25) is 24.9 Å². The first-order valence-electron chi connectivity index (χ1n) is 35.8. The Bertz CT molecular complexity index is 3690. The zero-order valence-corrected chi connectivity index (χ0v) is 58.2. The number of hydrogen-bond acceptors (Lipinski definition) is 26. The number of aromatic nitrogens is 8. The largest absolute Gasteiger partial charge is 0.412 e. The van der Waals surface area contributed by atoms with E-state index in [1.807, 2.05) is 49.0 Å². The Labute approximate surface area is 580 Å². The molecule has 0 spiro atoms. The third kappa shape index (κ3) is 16.9. The lowest BCUT2D eigenvalue weighted by atomic mass is 9.89. The number of fused-ring (bicyclic) bond motifs is 2. The Morgan fingerprint density at radius 2 is 1.05 bits per heavy atom. The van der Waals surface area contributed by atoms with Crippen LogP contribution in [-0.4, -0.2) is 164 Å². The summed E-state index contributed by atoms with van der Waals surface area (Å²) in [5, 5.41) is 9.36. The number of carbonyl (C=O) groups is 4. The van der Waals surface area contributed by atoms with Gasteiger partial charge in [-0.25, -0.2) is 50.7 Å². The van der Waals surface area contributed by atoms with Crippen LogP contribution < -0.4 is 53.9 Å². The number of piperidine rings is 3. The summed E-state index contributed by atoms with van der Waals surface area (Å²) in [5.74, 6) is 7.72. The van der Waals surface area contributed by atoms with Gasteiger partial charge in [0, 0.05) is 68.2 Å². The number of nitrogens with two attached hydrogens (primary N) is 2. The first kappa shape index (κ1) is 70.4. The van der Waals surface area contributed by atoms with Crippen molar-refractivity contribution >= 4 is 64.5 Å². The van der Waals surface area contributed by atoms with Crippen LogP contribution in [0.5, 0.6) is 0 Å². The number of anilines is 5. The molecule has 15 rings (SSSR count). The van der Waals surface area contributed by atoms with Crippen LogP contribution in [0.1, 0.15) is 199 Å². The van der Waals surface area contributed by atoms with E-state index in [2.05, 4.69) is 112 Å². The number of rotatable bonds is 20. The number of carbonyl (C=O) groups excluding carboxylic acids is 4. The second-order valence-electron chi connectivity index (χ2n) is 28.1. The molecule has 1 aromatic carbocycles. The van der Waals surface area contributed by atoms with Gasteiger partial charge in [0.2, 0.25) is 5.91 Å². The smallest absolute Gasteiger partial charge is 0.273 e. The van der Waals surface area contributed by atoms with E-state index in [0.717, 1.165) is 167 Å². The van der Waals surface area contributed by atoms with Gasteiger partial charge < -0.3 is 50.7 Å². The number of allylic oxidation sites excluding steroid dienone is 2. The van der Waals surface area contributed by atoms with Gasteiger partial charge in [0.15, 0.2) is 23.3 Å². The highest BCUT2D eigenvalue weighted by Gasteiger charge is 2.49. The van der Waals surface area contributed by atoms with Crippen LogP contribution >= 0.6 is 0 Å². The summed E-state index contributed by atoms with van der Waals surface area (Å²) in [5.41, 5.74) is 35.0. The number of hydrazine groups is 2. The van der Waals surface area contributed by atoms with E-state index in [-0.39, 0.29) is 48.4 Å². The molecule has 12 heterocycles. The van der Waals surface area contributed by atoms with Crippen molar-refractivity contribution in [3.8, 4) is 0 Å². The molecule has 2 amide bonds. The molecule has 4 aromatic heterocycles. The number of imide groups is 1. The summed E-state index contributed by atoms with van der Waals surface area (Å²) in [4.78, 5) is 98.4. The van der Waals surface area contributed by atoms with Crippen molar-refractivity contribution in [1.82, 2.24) is 81.7 Å². The first-order valence-corrected chi connectivity index (χ1v) is 35.8. The van der Waals surface area contributed by atoms with Crippen LogP contribution in [0.3, 0.4) is 0 Å². The van der Waals surface area contributed by atoms with Gasteiger partial charge in [-0.2, -0.15) is 0 Å². The van der Waals surface area contributed by atoms with E-state index in [1.54, 1.807) is 6.08 Å². The minimum atomic E-state index is -0.372. The number of amides is 2. The average Bonchev–Trinajstić information content (AvgIpc) is 1.60. The molecule has 2 aliphatic carbocycles. The molecule has 4 atom stereocenters. The topological polar surface area (TPSA) is 330 Å². The zero-order valence-electron chi connectivity index (χ0n) is 58.2. The lowest BCUT2D eigenvalue weighted by Gasteiger charge is -2.32. The number of benzene rings is 1. The van der Waals surface area contributed by atoms with E-state index in [1.165, 1.54) is 81.3 Å². The highest BCUT2D eigenvalue weighted by atomic mass is 16.7. The molecule has 5 aromatic rings. The van der Waals surface area contributed by atoms with Crippen molar-refractivity contribution in [2.75, 3.05) is 93.8 Å². The van der Waals surface area contributed by atoms with Gasteiger partial charge in [0.05, 0.1) is 46.4 Å². The lowest BCUT2D eigenvalue weighted by molar-refractivity contribution is -0.128. The first-order chi connectivity index (χ1) is 48.2. The van der Waals surface area contributed by atoms with Gasteiger partial charge in [-0.05, 0) is 210 Å². The zero-order chi connectivity index (χ0) is 69.1. The third-order valence-corrected chi connectivity index (χ3v) is 20.6. The Balaban J connectivity index is 0.000000139. The molecule has 528 valence electrons. The summed E-state index contributed by atoms with van der Waals surface area (Å²) in [6.45, 7) is 13.6. The van der Waals surface area contributed by atoms with E-state index in [9.17, 15) is 14.4 Å². The Hall–Kier alpha value is -8.44. The quantitative estimate of drug-likeness (QED) is 0.0212. The molecule has 5 fully saturated rings. The van der Waals surface area contributed by atoms with E-state index in [0.29, 0.717) is 59.2 Å². The fourth-order valence-corrected chi connectivity index (χ4v) is 14.7. The summed E-state index contributed by atoms with van der Waals surface area (Å²) < 4.78 is 0. The molecular weight excluding hydrogens is 1250 g/mol.